The Hall–Kier alpha value is -3.59. The van der Waals surface area contributed by atoms with Crippen LogP contribution in [0.25, 0.3) is 0 Å². The summed E-state index contributed by atoms with van der Waals surface area (Å²) in [6.45, 7) is 3.54. The molecule has 34 heteroatoms. The van der Waals surface area contributed by atoms with Crippen LogP contribution < -0.4 is 76.6 Å². The van der Waals surface area contributed by atoms with Crippen LogP contribution in [-0.4, -0.2) is 92.7 Å². The van der Waals surface area contributed by atoms with Crippen LogP contribution in [0.5, 0.6) is 0 Å². The monoisotopic (exact) mass is 1010 g/mol. The second-order valence-corrected chi connectivity index (χ2v) is 16.0. The van der Waals surface area contributed by atoms with E-state index in [1.807, 2.05) is 6.92 Å². The quantitative estimate of drug-likeness (QED) is 0.0526. The number of nitrogens with zero attached hydrogens (tertiary/aromatic N) is 6. The van der Waals surface area contributed by atoms with E-state index in [0.717, 1.165) is 29.1 Å². The summed E-state index contributed by atoms with van der Waals surface area (Å²) in [5.41, 5.74) is -1.93. The predicted molar refractivity (Wildman–Crippen MR) is 189 cm³/mol. The van der Waals surface area contributed by atoms with E-state index in [2.05, 4.69) is 24.8 Å². The van der Waals surface area contributed by atoms with Crippen molar-refractivity contribution in [2.75, 3.05) is 28.4 Å². The molecule has 60 heavy (non-hydrogen) atoms. The average molecular weight is 1010 g/mol. The number of methoxy groups -OCH3 is 2. The number of halogens is 7. The number of sulfonamides is 1. The number of hydrogen-bond donors (Lipinski definition) is 2. The molecule has 0 fully saturated rings. The van der Waals surface area contributed by atoms with Crippen molar-refractivity contribution in [3.63, 3.8) is 0 Å². The molecule has 0 aromatic carbocycles. The van der Waals surface area contributed by atoms with E-state index in [0.29, 0.717) is 28.6 Å². The Labute approximate surface area is 393 Å². The van der Waals surface area contributed by atoms with E-state index in [-0.39, 0.29) is 96.8 Å². The van der Waals surface area contributed by atoms with Gasteiger partial charge in [0.15, 0.2) is 11.6 Å². The van der Waals surface area contributed by atoms with Crippen LogP contribution in [0.3, 0.4) is 0 Å². The number of carbonyl (C=O) groups excluding carboxylic acids is 3. The molecule has 4 aromatic heterocycles. The number of aromatic nitrogens is 6. The number of carbonyl (C=O) groups is 3. The van der Waals surface area contributed by atoms with Crippen molar-refractivity contribution in [1.82, 2.24) is 34.2 Å². The van der Waals surface area contributed by atoms with Gasteiger partial charge in [-0.1, -0.05) is 13.8 Å². The number of aromatic amines is 1. The normalized spacial score (nSPS) is 11.1. The number of nitriles is 1. The third-order valence-electron chi connectivity index (χ3n) is 6.24. The first-order chi connectivity index (χ1) is 27.2. The maximum Gasteiger partial charge on any atom is 1.00 e. The molecule has 0 saturated carbocycles. The molecule has 0 spiro atoms. The Bertz CT molecular complexity index is 2520. The summed E-state index contributed by atoms with van der Waals surface area (Å²) in [6, 6.07) is -1.46. The van der Waals surface area contributed by atoms with E-state index >= 15 is 0 Å². The molecule has 2 N–H and O–H groups in total. The van der Waals surface area contributed by atoms with Crippen molar-refractivity contribution in [2.24, 2.45) is 0 Å². The standard InChI is InChI=1S/C13H13F3N4O6S3.C7H4ClF3O4S2.C5H9N3O2.CHNO.K/c1-4-7-17-19(12(27)20(7)26-3)11(22)18-29(23,24)8-6(10(21)25-2)5-28-9(8)13(14,15)16;1-15-6(12)3-2-16-5(7(9,10)11)4(3)17(8,13)14;1-3-4-6-7-5(9)8(4)10-2;2-1-3;/h5H,4H2,1-3H3,(H,18,22);2H,1H3;3H2,1-2H3,(H,7,9);3H;/q;;;;+1/p-1. The first-order valence-electron chi connectivity index (χ1n) is 14.7. The average Bonchev–Trinajstić information content (AvgIpc) is 3.94. The zero-order valence-corrected chi connectivity index (χ0v) is 39.2. The first kappa shape index (κ1) is 56.4. The summed E-state index contributed by atoms with van der Waals surface area (Å²) >= 11 is 4.98. The summed E-state index contributed by atoms with van der Waals surface area (Å²) in [5.74, 6) is -1.76. The summed E-state index contributed by atoms with van der Waals surface area (Å²) in [6.07, 6.45) is -8.59. The van der Waals surface area contributed by atoms with Gasteiger partial charge >= 0.3 is 87.4 Å². The number of amides is 1. The molecule has 0 aliphatic rings. The summed E-state index contributed by atoms with van der Waals surface area (Å²) in [7, 11) is -0.545. The van der Waals surface area contributed by atoms with Gasteiger partial charge in [-0.25, -0.2) is 51.1 Å². The van der Waals surface area contributed by atoms with Gasteiger partial charge in [0.05, 0.1) is 25.3 Å². The third kappa shape index (κ3) is 14.2. The zero-order chi connectivity index (χ0) is 45.8. The Balaban J connectivity index is 0.000000943. The Morgan fingerprint density at radius 2 is 1.32 bits per heavy atom. The minimum absolute atomic E-state index is 0. The molecule has 4 rings (SSSR count). The fourth-order valence-electron chi connectivity index (χ4n) is 3.96. The number of nitrogens with one attached hydrogen (secondary N) is 2. The number of esters is 2. The van der Waals surface area contributed by atoms with Gasteiger partial charge in [-0.3, -0.25) is 0 Å². The van der Waals surface area contributed by atoms with Crippen LogP contribution >= 0.6 is 45.6 Å². The van der Waals surface area contributed by atoms with Crippen molar-refractivity contribution >= 4 is 82.6 Å². The number of hydrogen-bond acceptors (Lipinski definition) is 19. The van der Waals surface area contributed by atoms with Gasteiger partial charge in [0.1, 0.15) is 33.8 Å². The molecule has 21 nitrogen and oxygen atoms in total. The molecule has 328 valence electrons. The van der Waals surface area contributed by atoms with Crippen molar-refractivity contribution in [1.29, 1.82) is 5.26 Å². The van der Waals surface area contributed by atoms with Crippen molar-refractivity contribution in [2.45, 2.75) is 48.8 Å². The maximum atomic E-state index is 13.3. The van der Waals surface area contributed by atoms with Crippen LogP contribution in [0.4, 0.5) is 31.1 Å². The molecule has 0 saturated heterocycles. The number of alkyl halides is 6. The van der Waals surface area contributed by atoms with Gasteiger partial charge in [0.2, 0.25) is 4.77 Å². The number of H-pyrrole nitrogens is 1. The SMILES string of the molecule is CCc1n[nH]c(=O)n1OC.CCc1nn(C(=O)NS(=O)(=O)c2c(C(=O)OC)csc2C(F)(F)F)c(=S)n1OC.COC(=O)c1csc(C(F)(F)F)c1S(=O)(=O)Cl.N#C[O-].[K+]. The molecule has 0 bridgehead atoms. The van der Waals surface area contributed by atoms with E-state index < -0.39 is 80.1 Å². The topological polar surface area (TPSA) is 289 Å². The number of ether oxygens (including phenoxy) is 2. The summed E-state index contributed by atoms with van der Waals surface area (Å²) in [4.78, 5) is 49.9. The Kier molecular flexibility index (Phi) is 22.2. The van der Waals surface area contributed by atoms with Gasteiger partial charge in [0.25, 0.3) is 19.1 Å². The Morgan fingerprint density at radius 1 is 0.900 bits per heavy atom. The largest absolute Gasteiger partial charge is 1.00 e. The molecule has 4 aromatic rings. The number of aryl methyl sites for hydroxylation is 2. The summed E-state index contributed by atoms with van der Waals surface area (Å²) in [5, 5.41) is 26.2. The van der Waals surface area contributed by atoms with Crippen LogP contribution in [-0.2, 0) is 53.7 Å². The second-order valence-electron chi connectivity index (χ2n) is 9.75. The molecule has 4 heterocycles. The fraction of sp³-hybridized carbons (Fsp3) is 0.385. The molecular formula is C26H26ClF6KN8O13S5. The van der Waals surface area contributed by atoms with E-state index in [4.69, 9.17) is 42.9 Å². The van der Waals surface area contributed by atoms with Gasteiger partial charge in [-0.2, -0.15) is 31.4 Å². The fourth-order valence-corrected chi connectivity index (χ4v) is 9.53. The number of rotatable bonds is 9. The third-order valence-corrected chi connectivity index (χ3v) is 11.7. The summed E-state index contributed by atoms with van der Waals surface area (Å²) < 4.78 is 137. The molecule has 1 amide bonds. The molecule has 0 atom stereocenters. The molecule has 0 radical (unpaired) electrons. The smallest absolute Gasteiger partial charge is 0.812 e. The van der Waals surface area contributed by atoms with Crippen molar-refractivity contribution in [3.05, 3.63) is 58.5 Å². The predicted octanol–water partition coefficient (Wildman–Crippen LogP) is -0.647. The minimum Gasteiger partial charge on any atom is -0.812 e. The van der Waals surface area contributed by atoms with Gasteiger partial charge in [-0.15, -0.1) is 41.9 Å². The first-order valence-corrected chi connectivity index (χ1v) is 20.7. The van der Waals surface area contributed by atoms with Crippen LogP contribution in [0.1, 0.15) is 56.0 Å². The van der Waals surface area contributed by atoms with E-state index in [1.54, 1.807) is 6.92 Å². The maximum absolute atomic E-state index is 13.3. The van der Waals surface area contributed by atoms with Gasteiger partial charge in [0, 0.05) is 40.5 Å². The molecule has 0 aliphatic heterocycles. The molecular weight excluding hydrogens is 981 g/mol. The van der Waals surface area contributed by atoms with Crippen LogP contribution in [0.15, 0.2) is 25.3 Å². The van der Waals surface area contributed by atoms with E-state index in [1.165, 1.54) is 18.9 Å². The number of thiophene rings is 2. The van der Waals surface area contributed by atoms with Crippen LogP contribution in [0.2, 0.25) is 0 Å². The Morgan fingerprint density at radius 3 is 1.65 bits per heavy atom. The second kappa shape index (κ2) is 23.6. The molecule has 0 unspecified atom stereocenters. The minimum atomic E-state index is -5.16. The van der Waals surface area contributed by atoms with Gasteiger partial charge in [-0.05, 0) is 12.2 Å². The van der Waals surface area contributed by atoms with Crippen LogP contribution in [0, 0.1) is 16.3 Å². The molecule has 0 aliphatic carbocycles. The van der Waals surface area contributed by atoms with Crippen molar-refractivity contribution in [3.8, 4) is 6.26 Å². The van der Waals surface area contributed by atoms with Gasteiger partial charge < -0.3 is 24.3 Å². The van der Waals surface area contributed by atoms with Crippen molar-refractivity contribution < 1.29 is 133 Å². The zero-order valence-electron chi connectivity index (χ0n) is 31.2. The van der Waals surface area contributed by atoms with E-state index in [9.17, 15) is 62.4 Å².